The second kappa shape index (κ2) is 11.5. The lowest BCUT2D eigenvalue weighted by Gasteiger charge is -2.11. The van der Waals surface area contributed by atoms with Crippen molar-refractivity contribution >= 4 is 17.0 Å². The van der Waals surface area contributed by atoms with Gasteiger partial charge >= 0.3 is 5.97 Å². The normalized spacial score (nSPS) is 11.0. The number of nitriles is 1. The average molecular weight is 577 g/mol. The number of nitrogens with one attached hydrogen (secondary N) is 1. The van der Waals surface area contributed by atoms with Gasteiger partial charge in [-0.2, -0.15) is 10.4 Å². The summed E-state index contributed by atoms with van der Waals surface area (Å²) in [6.45, 7) is 0.281. The van der Waals surface area contributed by atoms with E-state index in [2.05, 4.69) is 20.2 Å². The van der Waals surface area contributed by atoms with Crippen LogP contribution in [0.4, 0.5) is 8.78 Å². The molecule has 2 N–H and O–H groups in total. The maximum Gasteiger partial charge on any atom is 0.335 e. The second-order valence-electron chi connectivity index (χ2n) is 9.78. The number of pyridine rings is 1. The van der Waals surface area contributed by atoms with E-state index in [1.807, 2.05) is 10.6 Å². The maximum atomic E-state index is 15.5. The zero-order valence-electron chi connectivity index (χ0n) is 22.5. The highest BCUT2D eigenvalue weighted by molar-refractivity contribution is 5.92. The van der Waals surface area contributed by atoms with Gasteiger partial charge in [0.25, 0.3) is 0 Å². The molecule has 11 heteroatoms. The molecule has 6 aromatic rings. The standard InChI is InChI=1S/C32H22F2N6O3/c33-25-10-19(14-35)4-5-24(25)18-43-31-3-1-2-27(39-31)22-7-6-21(26(34)11-22)13-30-38-28-9-8-23(32(41)42)12-29(28)40(30)17-20-15-36-37-16-20/h1-12,15-16H,13,17-18H2,(H,36,37)(H,41,42). The van der Waals surface area contributed by atoms with E-state index in [0.29, 0.717) is 40.2 Å². The fourth-order valence-corrected chi connectivity index (χ4v) is 4.73. The number of aromatic carboxylic acids is 1. The molecule has 3 aromatic heterocycles. The summed E-state index contributed by atoms with van der Waals surface area (Å²) in [6.07, 6.45) is 3.56. The Morgan fingerprint density at radius 1 is 1.00 bits per heavy atom. The molecule has 0 aliphatic carbocycles. The van der Waals surface area contributed by atoms with E-state index < -0.39 is 17.6 Å². The summed E-state index contributed by atoms with van der Waals surface area (Å²) in [6, 6.07) is 20.6. The number of carboxylic acid groups (broad SMARTS) is 1. The number of hydrogen-bond donors (Lipinski definition) is 2. The molecule has 212 valence electrons. The molecular weight excluding hydrogens is 554 g/mol. The summed E-state index contributed by atoms with van der Waals surface area (Å²) in [4.78, 5) is 20.7. The van der Waals surface area contributed by atoms with Gasteiger partial charge in [-0.1, -0.05) is 24.3 Å². The molecule has 0 amide bonds. The van der Waals surface area contributed by atoms with Crippen molar-refractivity contribution in [1.29, 1.82) is 5.26 Å². The summed E-state index contributed by atoms with van der Waals surface area (Å²) in [5, 5.41) is 25.2. The Bertz CT molecular complexity index is 2010. The number of nitrogens with zero attached hydrogens (tertiary/aromatic N) is 5. The van der Waals surface area contributed by atoms with Crippen molar-refractivity contribution < 1.29 is 23.4 Å². The molecule has 6 rings (SSSR count). The Kier molecular flexibility index (Phi) is 7.32. The fourth-order valence-electron chi connectivity index (χ4n) is 4.73. The number of aromatic amines is 1. The lowest BCUT2D eigenvalue weighted by Crippen LogP contribution is -2.07. The van der Waals surface area contributed by atoms with Gasteiger partial charge in [-0.3, -0.25) is 5.10 Å². The molecule has 3 aromatic carbocycles. The molecule has 9 nitrogen and oxygen atoms in total. The molecule has 43 heavy (non-hydrogen) atoms. The predicted octanol–water partition coefficient (Wildman–Crippen LogP) is 5.89. The lowest BCUT2D eigenvalue weighted by atomic mass is 10.1. The number of imidazole rings is 1. The Morgan fingerprint density at radius 3 is 2.58 bits per heavy atom. The summed E-state index contributed by atoms with van der Waals surface area (Å²) < 4.78 is 37.2. The van der Waals surface area contributed by atoms with Gasteiger partial charge in [0, 0.05) is 35.4 Å². The topological polar surface area (TPSA) is 130 Å². The third-order valence-corrected chi connectivity index (χ3v) is 6.95. The van der Waals surface area contributed by atoms with E-state index in [1.54, 1.807) is 54.9 Å². The monoisotopic (exact) mass is 576 g/mol. The van der Waals surface area contributed by atoms with Crippen molar-refractivity contribution in [3.63, 3.8) is 0 Å². The van der Waals surface area contributed by atoms with Crippen LogP contribution in [-0.4, -0.2) is 35.8 Å². The Morgan fingerprint density at radius 2 is 1.84 bits per heavy atom. The van der Waals surface area contributed by atoms with Gasteiger partial charge in [0.1, 0.15) is 24.1 Å². The average Bonchev–Trinajstić information content (AvgIpc) is 3.65. The predicted molar refractivity (Wildman–Crippen MR) is 152 cm³/mol. The largest absolute Gasteiger partial charge is 0.478 e. The van der Waals surface area contributed by atoms with Gasteiger partial charge in [-0.15, -0.1) is 0 Å². The number of halogens is 2. The van der Waals surface area contributed by atoms with Crippen molar-refractivity contribution in [2.45, 2.75) is 19.6 Å². The smallest absolute Gasteiger partial charge is 0.335 e. The second-order valence-corrected chi connectivity index (χ2v) is 9.78. The Labute approximate surface area is 243 Å². The van der Waals surface area contributed by atoms with Crippen LogP contribution in [0, 0.1) is 23.0 Å². The summed E-state index contributed by atoms with van der Waals surface area (Å²) >= 11 is 0. The fraction of sp³-hybridized carbons (Fsp3) is 0.0938. The van der Waals surface area contributed by atoms with Gasteiger partial charge in [-0.05, 0) is 48.0 Å². The van der Waals surface area contributed by atoms with Crippen LogP contribution in [0.15, 0.2) is 85.2 Å². The zero-order valence-corrected chi connectivity index (χ0v) is 22.5. The number of benzene rings is 3. The van der Waals surface area contributed by atoms with Crippen LogP contribution in [0.3, 0.4) is 0 Å². The molecule has 0 saturated heterocycles. The van der Waals surface area contributed by atoms with Crippen LogP contribution >= 0.6 is 0 Å². The number of rotatable bonds is 9. The Balaban J connectivity index is 1.25. The van der Waals surface area contributed by atoms with Gasteiger partial charge in [0.2, 0.25) is 5.88 Å². The third-order valence-electron chi connectivity index (χ3n) is 6.95. The van der Waals surface area contributed by atoms with Gasteiger partial charge in [0.05, 0.1) is 46.7 Å². The number of hydrogen-bond acceptors (Lipinski definition) is 6. The molecule has 0 atom stereocenters. The highest BCUT2D eigenvalue weighted by Crippen LogP contribution is 2.26. The number of aromatic nitrogens is 5. The molecule has 3 heterocycles. The minimum Gasteiger partial charge on any atom is -0.478 e. The number of fused-ring (bicyclic) bond motifs is 1. The molecular formula is C32H22F2N6O3. The van der Waals surface area contributed by atoms with E-state index >= 15 is 4.39 Å². The first kappa shape index (κ1) is 27.3. The first-order valence-corrected chi connectivity index (χ1v) is 13.2. The number of carbonyl (C=O) groups is 1. The Hall–Kier alpha value is -5.89. The molecule has 0 unspecified atom stereocenters. The van der Waals surface area contributed by atoms with E-state index in [-0.39, 0.29) is 35.6 Å². The van der Waals surface area contributed by atoms with Crippen molar-refractivity contribution in [2.75, 3.05) is 0 Å². The van der Waals surface area contributed by atoms with Gasteiger partial charge in [-0.25, -0.2) is 23.5 Å². The van der Waals surface area contributed by atoms with E-state index in [1.165, 1.54) is 24.3 Å². The van der Waals surface area contributed by atoms with E-state index in [0.717, 1.165) is 11.6 Å². The molecule has 0 spiro atoms. The third kappa shape index (κ3) is 5.80. The van der Waals surface area contributed by atoms with E-state index in [4.69, 9.17) is 10.00 Å². The minimum atomic E-state index is -1.05. The van der Waals surface area contributed by atoms with Crippen molar-refractivity contribution in [3.05, 3.63) is 130 Å². The van der Waals surface area contributed by atoms with Gasteiger partial charge in [0.15, 0.2) is 0 Å². The quantitative estimate of drug-likeness (QED) is 0.220. The van der Waals surface area contributed by atoms with Crippen LogP contribution in [0.25, 0.3) is 22.3 Å². The first-order valence-electron chi connectivity index (χ1n) is 13.2. The molecule has 0 aliphatic rings. The van der Waals surface area contributed by atoms with Crippen molar-refractivity contribution in [2.24, 2.45) is 0 Å². The molecule has 0 bridgehead atoms. The number of carboxylic acids is 1. The molecule has 0 fully saturated rings. The van der Waals surface area contributed by atoms with Crippen molar-refractivity contribution in [3.8, 4) is 23.2 Å². The van der Waals surface area contributed by atoms with Crippen LogP contribution in [0.5, 0.6) is 5.88 Å². The SMILES string of the molecule is N#Cc1ccc(COc2cccc(-c3ccc(Cc4nc5ccc(C(=O)O)cc5n4Cc4cn[nH]c4)c(F)c3)n2)c(F)c1. The highest BCUT2D eigenvalue weighted by Gasteiger charge is 2.17. The molecule has 0 radical (unpaired) electrons. The number of H-pyrrole nitrogens is 1. The summed E-state index contributed by atoms with van der Waals surface area (Å²) in [5.74, 6) is -1.26. The van der Waals surface area contributed by atoms with Crippen LogP contribution < -0.4 is 4.74 Å². The van der Waals surface area contributed by atoms with Crippen molar-refractivity contribution in [1.82, 2.24) is 24.7 Å². The summed E-state index contributed by atoms with van der Waals surface area (Å²) in [7, 11) is 0. The first-order chi connectivity index (χ1) is 20.9. The maximum absolute atomic E-state index is 15.5. The van der Waals surface area contributed by atoms with E-state index in [9.17, 15) is 14.3 Å². The van der Waals surface area contributed by atoms with Gasteiger partial charge < -0.3 is 14.4 Å². The van der Waals surface area contributed by atoms with Crippen LogP contribution in [0.1, 0.15) is 38.4 Å². The lowest BCUT2D eigenvalue weighted by molar-refractivity contribution is 0.0697. The molecule has 0 saturated carbocycles. The summed E-state index contributed by atoms with van der Waals surface area (Å²) in [5.41, 5.74) is 4.09. The highest BCUT2D eigenvalue weighted by atomic mass is 19.1. The van der Waals surface area contributed by atoms with Crippen LogP contribution in [-0.2, 0) is 19.6 Å². The number of ether oxygens (including phenoxy) is 1. The van der Waals surface area contributed by atoms with Crippen LogP contribution in [0.2, 0.25) is 0 Å². The minimum absolute atomic E-state index is 0.0882. The zero-order chi connectivity index (χ0) is 29.9. The molecule has 0 aliphatic heterocycles.